The maximum Gasteiger partial charge on any atom is 0.173 e. The van der Waals surface area contributed by atoms with E-state index in [9.17, 15) is 0 Å². The van der Waals surface area contributed by atoms with Gasteiger partial charge < -0.3 is 15.1 Å². The minimum absolute atomic E-state index is 0.473. The zero-order valence-electron chi connectivity index (χ0n) is 13.1. The van der Waals surface area contributed by atoms with Gasteiger partial charge in [-0.15, -0.1) is 0 Å². The van der Waals surface area contributed by atoms with Crippen LogP contribution in [0.4, 0.5) is 11.4 Å². The Labute approximate surface area is 172 Å². The van der Waals surface area contributed by atoms with E-state index < -0.39 is 0 Å². The molecule has 1 heterocycles. The van der Waals surface area contributed by atoms with Crippen molar-refractivity contribution in [2.75, 3.05) is 36.4 Å². The molecule has 0 radical (unpaired) electrons. The van der Waals surface area contributed by atoms with E-state index in [1.165, 1.54) is 0 Å². The number of benzene rings is 2. The highest BCUT2D eigenvalue weighted by Crippen LogP contribution is 2.30. The number of nitrogens with one attached hydrogen (secondary N) is 1. The number of thiocarbonyl (C=S) groups is 1. The lowest BCUT2D eigenvalue weighted by atomic mass is 10.2. The molecule has 1 saturated heterocycles. The smallest absolute Gasteiger partial charge is 0.173 e. The number of halogens is 4. The minimum atomic E-state index is 0.473. The van der Waals surface area contributed by atoms with Gasteiger partial charge in [0.25, 0.3) is 0 Å². The second-order valence-electron chi connectivity index (χ2n) is 5.60. The standard InChI is InChI=1S/C17H15Cl4N3S/c18-12-5-4-11(10-14(12)20)23-6-8-24(9-7-23)17(25)22-15-3-1-2-13(19)16(15)21/h1-5,10H,6-9H2,(H,22,25). The van der Waals surface area contributed by atoms with E-state index in [1.807, 2.05) is 30.3 Å². The molecule has 25 heavy (non-hydrogen) atoms. The van der Waals surface area contributed by atoms with Crippen molar-refractivity contribution in [1.29, 1.82) is 0 Å². The summed E-state index contributed by atoms with van der Waals surface area (Å²) in [6.07, 6.45) is 0. The first-order valence-electron chi connectivity index (χ1n) is 7.65. The number of anilines is 2. The second kappa shape index (κ2) is 8.19. The number of hydrogen-bond acceptors (Lipinski definition) is 2. The number of hydrogen-bond donors (Lipinski definition) is 1. The molecular formula is C17H15Cl4N3S. The number of rotatable bonds is 2. The third-order valence-electron chi connectivity index (χ3n) is 4.03. The Morgan fingerprint density at radius 3 is 2.28 bits per heavy atom. The molecule has 1 fully saturated rings. The first kappa shape index (κ1) is 18.9. The lowest BCUT2D eigenvalue weighted by Gasteiger charge is -2.37. The molecule has 0 amide bonds. The molecule has 0 aromatic heterocycles. The molecule has 3 nitrogen and oxygen atoms in total. The lowest BCUT2D eigenvalue weighted by Crippen LogP contribution is -2.50. The molecule has 1 aliphatic rings. The second-order valence-corrected chi connectivity index (χ2v) is 7.59. The fourth-order valence-corrected chi connectivity index (χ4v) is 3.58. The van der Waals surface area contributed by atoms with Gasteiger partial charge in [0.1, 0.15) is 0 Å². The van der Waals surface area contributed by atoms with Crippen molar-refractivity contribution >= 4 is 75.1 Å². The van der Waals surface area contributed by atoms with Crippen molar-refractivity contribution in [2.45, 2.75) is 0 Å². The van der Waals surface area contributed by atoms with E-state index in [2.05, 4.69) is 15.1 Å². The molecule has 0 aliphatic carbocycles. The summed E-state index contributed by atoms with van der Waals surface area (Å²) in [5.74, 6) is 0. The van der Waals surface area contributed by atoms with Crippen LogP contribution in [0, 0.1) is 0 Å². The molecule has 0 atom stereocenters. The van der Waals surface area contributed by atoms with Crippen LogP contribution in [0.2, 0.25) is 20.1 Å². The van der Waals surface area contributed by atoms with Gasteiger partial charge in [-0.2, -0.15) is 0 Å². The van der Waals surface area contributed by atoms with Gasteiger partial charge in [-0.3, -0.25) is 0 Å². The Morgan fingerprint density at radius 2 is 1.60 bits per heavy atom. The summed E-state index contributed by atoms with van der Waals surface area (Å²) < 4.78 is 0. The molecular weight excluding hydrogens is 420 g/mol. The maximum absolute atomic E-state index is 6.20. The molecule has 132 valence electrons. The monoisotopic (exact) mass is 433 g/mol. The summed E-state index contributed by atoms with van der Waals surface area (Å²) >= 11 is 29.8. The van der Waals surface area contributed by atoms with Crippen LogP contribution in [-0.4, -0.2) is 36.2 Å². The summed E-state index contributed by atoms with van der Waals surface area (Å²) in [4.78, 5) is 4.37. The highest BCUT2D eigenvalue weighted by Gasteiger charge is 2.20. The van der Waals surface area contributed by atoms with Crippen LogP contribution >= 0.6 is 58.6 Å². The van der Waals surface area contributed by atoms with Gasteiger partial charge in [0.05, 0.1) is 25.8 Å². The van der Waals surface area contributed by atoms with Gasteiger partial charge in [0.2, 0.25) is 0 Å². The number of nitrogens with zero attached hydrogens (tertiary/aromatic N) is 2. The van der Waals surface area contributed by atoms with Crippen molar-refractivity contribution < 1.29 is 0 Å². The van der Waals surface area contributed by atoms with Crippen molar-refractivity contribution in [3.63, 3.8) is 0 Å². The van der Waals surface area contributed by atoms with Crippen LogP contribution in [0.3, 0.4) is 0 Å². The molecule has 3 rings (SSSR count). The Balaban J connectivity index is 1.60. The maximum atomic E-state index is 6.20. The molecule has 2 aromatic rings. The SMILES string of the molecule is S=C(Nc1cccc(Cl)c1Cl)N1CCN(c2ccc(Cl)c(Cl)c2)CC1. The van der Waals surface area contributed by atoms with Crippen LogP contribution in [0.25, 0.3) is 0 Å². The van der Waals surface area contributed by atoms with Crippen molar-refractivity contribution in [1.82, 2.24) is 4.90 Å². The Bertz CT molecular complexity index is 791. The molecule has 0 spiro atoms. The van der Waals surface area contributed by atoms with Crippen LogP contribution in [0.5, 0.6) is 0 Å². The van der Waals surface area contributed by atoms with E-state index in [-0.39, 0.29) is 0 Å². The zero-order valence-corrected chi connectivity index (χ0v) is 16.9. The lowest BCUT2D eigenvalue weighted by molar-refractivity contribution is 0.391. The van der Waals surface area contributed by atoms with Crippen LogP contribution in [-0.2, 0) is 0 Å². The largest absolute Gasteiger partial charge is 0.368 e. The van der Waals surface area contributed by atoms with Crippen molar-refractivity contribution in [2.24, 2.45) is 0 Å². The molecule has 1 N–H and O–H groups in total. The van der Waals surface area contributed by atoms with Gasteiger partial charge >= 0.3 is 0 Å². The molecule has 2 aromatic carbocycles. The van der Waals surface area contributed by atoms with Gasteiger partial charge in [-0.05, 0) is 42.5 Å². The number of piperazine rings is 1. The van der Waals surface area contributed by atoms with Crippen LogP contribution in [0.15, 0.2) is 36.4 Å². The van der Waals surface area contributed by atoms with Crippen molar-refractivity contribution in [3.05, 3.63) is 56.5 Å². The van der Waals surface area contributed by atoms with Gasteiger partial charge in [0.15, 0.2) is 5.11 Å². The predicted octanol–water partition coefficient (Wildman–Crippen LogP) is 5.82. The third kappa shape index (κ3) is 4.44. The first-order valence-corrected chi connectivity index (χ1v) is 9.57. The summed E-state index contributed by atoms with van der Waals surface area (Å²) in [5, 5.41) is 5.91. The predicted molar refractivity (Wildman–Crippen MR) is 113 cm³/mol. The summed E-state index contributed by atoms with van der Waals surface area (Å²) in [6, 6.07) is 11.1. The fourth-order valence-electron chi connectivity index (χ4n) is 2.64. The van der Waals surface area contributed by atoms with Gasteiger partial charge in [-0.1, -0.05) is 52.5 Å². The van der Waals surface area contributed by atoms with Crippen molar-refractivity contribution in [3.8, 4) is 0 Å². The average molecular weight is 435 g/mol. The molecule has 1 aliphatic heterocycles. The van der Waals surface area contributed by atoms with Crippen LogP contribution < -0.4 is 10.2 Å². The van der Waals surface area contributed by atoms with Gasteiger partial charge in [-0.25, -0.2) is 0 Å². The molecule has 8 heteroatoms. The van der Waals surface area contributed by atoms with E-state index in [0.717, 1.165) is 31.9 Å². The summed E-state index contributed by atoms with van der Waals surface area (Å²) in [5.41, 5.74) is 1.77. The summed E-state index contributed by atoms with van der Waals surface area (Å²) in [7, 11) is 0. The van der Waals surface area contributed by atoms with Crippen LogP contribution in [0.1, 0.15) is 0 Å². The first-order chi connectivity index (χ1) is 12.0. The highest BCUT2D eigenvalue weighted by atomic mass is 35.5. The topological polar surface area (TPSA) is 18.5 Å². The normalized spacial score (nSPS) is 14.6. The van der Waals surface area contributed by atoms with E-state index in [1.54, 1.807) is 6.07 Å². The summed E-state index contributed by atoms with van der Waals surface area (Å²) in [6.45, 7) is 3.26. The Hall–Kier alpha value is -0.910. The third-order valence-corrected chi connectivity index (χ3v) is 5.95. The Morgan fingerprint density at radius 1 is 0.880 bits per heavy atom. The molecule has 0 bridgehead atoms. The van der Waals surface area contributed by atoms with Gasteiger partial charge in [0, 0.05) is 31.9 Å². The fraction of sp³-hybridized carbons (Fsp3) is 0.235. The molecule has 0 unspecified atom stereocenters. The minimum Gasteiger partial charge on any atom is -0.368 e. The Kier molecular flexibility index (Phi) is 6.18. The molecule has 0 saturated carbocycles. The zero-order chi connectivity index (χ0) is 18.0. The van der Waals surface area contributed by atoms with E-state index in [0.29, 0.717) is 30.9 Å². The quantitative estimate of drug-likeness (QED) is 0.600. The van der Waals surface area contributed by atoms with E-state index in [4.69, 9.17) is 58.6 Å². The van der Waals surface area contributed by atoms with E-state index >= 15 is 0 Å². The highest BCUT2D eigenvalue weighted by molar-refractivity contribution is 7.80. The average Bonchev–Trinajstić information content (AvgIpc) is 2.61.